The lowest BCUT2D eigenvalue weighted by atomic mass is 10.0. The lowest BCUT2D eigenvalue weighted by molar-refractivity contribution is 0.0716. The molecule has 3 rings (SSSR count). The van der Waals surface area contributed by atoms with Crippen LogP contribution in [-0.2, 0) is 0 Å². The number of amides is 1. The van der Waals surface area contributed by atoms with E-state index >= 15 is 0 Å². The number of aryl methyl sites for hydroxylation is 1. The number of furan rings is 1. The summed E-state index contributed by atoms with van der Waals surface area (Å²) in [5.74, 6) is 0.869. The molecule has 1 unspecified atom stereocenters. The van der Waals surface area contributed by atoms with Gasteiger partial charge in [0.25, 0.3) is 5.91 Å². The summed E-state index contributed by atoms with van der Waals surface area (Å²) >= 11 is 0. The van der Waals surface area contributed by atoms with Crippen LogP contribution in [0.5, 0.6) is 0 Å². The molecule has 104 valence electrons. The van der Waals surface area contributed by atoms with Crippen molar-refractivity contribution in [3.8, 4) is 0 Å². The van der Waals surface area contributed by atoms with Crippen LogP contribution in [0.15, 0.2) is 16.7 Å². The van der Waals surface area contributed by atoms with Gasteiger partial charge in [-0.15, -0.1) is 0 Å². The summed E-state index contributed by atoms with van der Waals surface area (Å²) in [6, 6.07) is 2.71. The molecular formula is C15H22N2O2. The fourth-order valence-corrected chi connectivity index (χ4v) is 2.86. The van der Waals surface area contributed by atoms with E-state index in [-0.39, 0.29) is 5.91 Å². The topological polar surface area (TPSA) is 45.5 Å². The minimum atomic E-state index is 0.140. The largest absolute Gasteiger partial charge is 0.469 e. The summed E-state index contributed by atoms with van der Waals surface area (Å²) in [5, 5.41) is 3.53. The van der Waals surface area contributed by atoms with Gasteiger partial charge < -0.3 is 14.6 Å². The van der Waals surface area contributed by atoms with Crippen molar-refractivity contribution in [2.45, 2.75) is 51.1 Å². The Morgan fingerprint density at radius 2 is 2.26 bits per heavy atom. The van der Waals surface area contributed by atoms with E-state index in [0.29, 0.717) is 12.1 Å². The molecule has 0 bridgehead atoms. The zero-order valence-electron chi connectivity index (χ0n) is 11.5. The summed E-state index contributed by atoms with van der Waals surface area (Å²) in [4.78, 5) is 14.7. The van der Waals surface area contributed by atoms with Gasteiger partial charge in [-0.1, -0.05) is 6.42 Å². The molecular weight excluding hydrogens is 240 g/mol. The SMILES string of the molecule is Cc1occc1C(=O)N(CC1CCCCN1)C1CC1. The van der Waals surface area contributed by atoms with Crippen molar-refractivity contribution in [1.82, 2.24) is 10.2 Å². The molecule has 0 radical (unpaired) electrons. The first-order valence-corrected chi connectivity index (χ1v) is 7.34. The van der Waals surface area contributed by atoms with Crippen molar-refractivity contribution in [3.05, 3.63) is 23.7 Å². The first-order chi connectivity index (χ1) is 9.25. The standard InChI is InChI=1S/C15H22N2O2/c1-11-14(7-9-19-11)15(18)17(13-5-6-13)10-12-4-2-3-8-16-12/h7,9,12-13,16H,2-6,8,10H2,1H3. The predicted molar refractivity (Wildman–Crippen MR) is 73.1 cm³/mol. The van der Waals surface area contributed by atoms with Crippen molar-refractivity contribution in [2.75, 3.05) is 13.1 Å². The summed E-state index contributed by atoms with van der Waals surface area (Å²) in [6.07, 6.45) is 7.61. The minimum absolute atomic E-state index is 0.140. The van der Waals surface area contributed by atoms with Crippen LogP contribution in [-0.4, -0.2) is 36.0 Å². The van der Waals surface area contributed by atoms with E-state index in [1.807, 2.05) is 6.92 Å². The van der Waals surface area contributed by atoms with Crippen LogP contribution in [0.1, 0.15) is 48.2 Å². The highest BCUT2D eigenvalue weighted by molar-refractivity contribution is 5.95. The highest BCUT2D eigenvalue weighted by Crippen LogP contribution is 2.29. The van der Waals surface area contributed by atoms with Crippen LogP contribution in [0.2, 0.25) is 0 Å². The minimum Gasteiger partial charge on any atom is -0.469 e. The monoisotopic (exact) mass is 262 g/mol. The van der Waals surface area contributed by atoms with E-state index in [1.165, 1.54) is 19.3 Å². The zero-order valence-corrected chi connectivity index (χ0v) is 11.5. The van der Waals surface area contributed by atoms with Gasteiger partial charge in [0.2, 0.25) is 0 Å². The maximum atomic E-state index is 12.6. The molecule has 2 heterocycles. The predicted octanol–water partition coefficient (Wildman–Crippen LogP) is 2.33. The first-order valence-electron chi connectivity index (χ1n) is 7.34. The van der Waals surface area contributed by atoms with Gasteiger partial charge in [-0.25, -0.2) is 0 Å². The molecule has 0 aromatic carbocycles. The molecule has 1 saturated carbocycles. The van der Waals surface area contributed by atoms with E-state index in [9.17, 15) is 4.79 Å². The van der Waals surface area contributed by atoms with E-state index in [1.54, 1.807) is 12.3 Å². The Hall–Kier alpha value is -1.29. The Kier molecular flexibility index (Phi) is 3.60. The average molecular weight is 262 g/mol. The molecule has 19 heavy (non-hydrogen) atoms. The molecule has 1 aliphatic heterocycles. The van der Waals surface area contributed by atoms with Crippen LogP contribution >= 0.6 is 0 Å². The van der Waals surface area contributed by atoms with Crippen LogP contribution in [0.4, 0.5) is 0 Å². The Balaban J connectivity index is 1.70. The lowest BCUT2D eigenvalue weighted by Crippen LogP contribution is -2.46. The van der Waals surface area contributed by atoms with Gasteiger partial charge in [0.1, 0.15) is 5.76 Å². The summed E-state index contributed by atoms with van der Waals surface area (Å²) in [7, 11) is 0. The van der Waals surface area contributed by atoms with Gasteiger partial charge in [-0.2, -0.15) is 0 Å². The number of hydrogen-bond acceptors (Lipinski definition) is 3. The number of nitrogens with zero attached hydrogens (tertiary/aromatic N) is 1. The summed E-state index contributed by atoms with van der Waals surface area (Å²) in [5.41, 5.74) is 0.725. The molecule has 1 aromatic heterocycles. The molecule has 1 atom stereocenters. The van der Waals surface area contributed by atoms with Crippen molar-refractivity contribution < 1.29 is 9.21 Å². The fraction of sp³-hybridized carbons (Fsp3) is 0.667. The number of carbonyl (C=O) groups excluding carboxylic acids is 1. The first kappa shape index (κ1) is 12.7. The van der Waals surface area contributed by atoms with E-state index in [2.05, 4.69) is 10.2 Å². The molecule has 2 aliphatic rings. The molecule has 1 N–H and O–H groups in total. The highest BCUT2D eigenvalue weighted by Gasteiger charge is 2.35. The van der Waals surface area contributed by atoms with Gasteiger partial charge in [-0.3, -0.25) is 4.79 Å². The van der Waals surface area contributed by atoms with Crippen molar-refractivity contribution in [3.63, 3.8) is 0 Å². The molecule has 2 fully saturated rings. The molecule has 0 spiro atoms. The fourth-order valence-electron chi connectivity index (χ4n) is 2.86. The number of hydrogen-bond donors (Lipinski definition) is 1. The molecule has 1 aromatic rings. The van der Waals surface area contributed by atoms with Gasteiger partial charge in [-0.05, 0) is 45.2 Å². The number of nitrogens with one attached hydrogen (secondary N) is 1. The molecule has 4 heteroatoms. The third-order valence-corrected chi connectivity index (χ3v) is 4.17. The van der Waals surface area contributed by atoms with Gasteiger partial charge in [0, 0.05) is 18.6 Å². The number of piperidine rings is 1. The maximum absolute atomic E-state index is 12.6. The summed E-state index contributed by atoms with van der Waals surface area (Å²) in [6.45, 7) is 3.79. The molecule has 4 nitrogen and oxygen atoms in total. The zero-order chi connectivity index (χ0) is 13.2. The molecule has 1 saturated heterocycles. The van der Waals surface area contributed by atoms with Crippen molar-refractivity contribution >= 4 is 5.91 Å². The number of carbonyl (C=O) groups is 1. The number of rotatable bonds is 4. The third-order valence-electron chi connectivity index (χ3n) is 4.17. The van der Waals surface area contributed by atoms with Gasteiger partial charge >= 0.3 is 0 Å². The van der Waals surface area contributed by atoms with Gasteiger partial charge in [0.05, 0.1) is 11.8 Å². The Labute approximate surface area is 114 Å². The molecule has 1 aliphatic carbocycles. The van der Waals surface area contributed by atoms with E-state index in [0.717, 1.165) is 37.3 Å². The van der Waals surface area contributed by atoms with Crippen LogP contribution in [0, 0.1) is 6.92 Å². The molecule has 1 amide bonds. The van der Waals surface area contributed by atoms with Gasteiger partial charge in [0.15, 0.2) is 0 Å². The second-order valence-electron chi connectivity index (χ2n) is 5.73. The lowest BCUT2D eigenvalue weighted by Gasteiger charge is -2.30. The van der Waals surface area contributed by atoms with Crippen LogP contribution in [0.25, 0.3) is 0 Å². The van der Waals surface area contributed by atoms with Crippen molar-refractivity contribution in [2.24, 2.45) is 0 Å². The third kappa shape index (κ3) is 2.84. The average Bonchev–Trinajstić information content (AvgIpc) is 3.18. The Bertz CT molecular complexity index is 445. The Morgan fingerprint density at radius 1 is 1.42 bits per heavy atom. The normalized spacial score (nSPS) is 23.3. The maximum Gasteiger partial charge on any atom is 0.257 e. The summed E-state index contributed by atoms with van der Waals surface area (Å²) < 4.78 is 5.26. The van der Waals surface area contributed by atoms with E-state index < -0.39 is 0 Å². The van der Waals surface area contributed by atoms with Crippen molar-refractivity contribution in [1.29, 1.82) is 0 Å². The quantitative estimate of drug-likeness (QED) is 0.906. The smallest absolute Gasteiger partial charge is 0.257 e. The van der Waals surface area contributed by atoms with E-state index in [4.69, 9.17) is 4.42 Å². The second-order valence-corrected chi connectivity index (χ2v) is 5.73. The van der Waals surface area contributed by atoms with Crippen LogP contribution in [0.3, 0.4) is 0 Å². The van der Waals surface area contributed by atoms with Crippen LogP contribution < -0.4 is 5.32 Å². The second kappa shape index (κ2) is 5.37. The Morgan fingerprint density at radius 3 is 2.84 bits per heavy atom. The highest BCUT2D eigenvalue weighted by atomic mass is 16.3.